The van der Waals surface area contributed by atoms with Crippen LogP contribution in [0.5, 0.6) is 0 Å². The third kappa shape index (κ3) is 4.14. The molecule has 5 rings (SSSR count). The number of furan rings is 1. The van der Waals surface area contributed by atoms with Gasteiger partial charge in [0, 0.05) is 49.1 Å². The zero-order valence-corrected chi connectivity index (χ0v) is 18.9. The van der Waals surface area contributed by atoms with Crippen LogP contribution in [0.1, 0.15) is 50.8 Å². The van der Waals surface area contributed by atoms with Gasteiger partial charge in [0.1, 0.15) is 11.5 Å². The number of fused-ring (bicyclic) bond motifs is 2. The quantitative estimate of drug-likeness (QED) is 0.626. The third-order valence-corrected chi connectivity index (χ3v) is 6.43. The molecule has 8 nitrogen and oxygen atoms in total. The molecule has 1 N–H and O–H groups in total. The first-order valence-corrected chi connectivity index (χ1v) is 11.3. The number of hydrazone groups is 1. The minimum Gasteiger partial charge on any atom is -0.455 e. The van der Waals surface area contributed by atoms with Gasteiger partial charge in [-0.3, -0.25) is 9.59 Å². The average Bonchev–Trinajstić information content (AvgIpc) is 3.19. The Morgan fingerprint density at radius 3 is 2.67 bits per heavy atom. The van der Waals surface area contributed by atoms with E-state index in [-0.39, 0.29) is 11.8 Å². The van der Waals surface area contributed by atoms with E-state index in [1.807, 2.05) is 42.2 Å². The maximum atomic E-state index is 13.1. The Balaban J connectivity index is 1.37. The SMILES string of the molecule is Cc1c(C(=O)N2CCN(C)CC2)oc2c1/C(=N/NC(=O)c1ccc3ccccc3n1)CCC2. The van der Waals surface area contributed by atoms with Crippen molar-refractivity contribution in [2.24, 2.45) is 5.10 Å². The fraction of sp³-hybridized carbons (Fsp3) is 0.360. The molecule has 0 unspecified atom stereocenters. The van der Waals surface area contributed by atoms with E-state index in [9.17, 15) is 9.59 Å². The molecular formula is C25H27N5O3. The van der Waals surface area contributed by atoms with Crippen LogP contribution in [0.25, 0.3) is 10.9 Å². The number of aromatic nitrogens is 1. The standard InChI is InChI=1S/C25H27N5O3/c1-16-22-19(27-28-24(31)20-11-10-17-6-3-4-7-18(17)26-20)8-5-9-21(22)33-23(16)25(32)30-14-12-29(2)13-15-30/h3-4,6-7,10-11H,5,8-9,12-15H2,1-2H3,(H,28,31)/b27-19+. The summed E-state index contributed by atoms with van der Waals surface area (Å²) in [5.74, 6) is 0.726. The van der Waals surface area contributed by atoms with E-state index in [1.165, 1.54) is 0 Å². The zero-order chi connectivity index (χ0) is 22.9. The Morgan fingerprint density at radius 2 is 1.85 bits per heavy atom. The molecule has 33 heavy (non-hydrogen) atoms. The van der Waals surface area contributed by atoms with Crippen molar-refractivity contribution in [2.45, 2.75) is 26.2 Å². The van der Waals surface area contributed by atoms with Gasteiger partial charge in [0.2, 0.25) is 0 Å². The maximum Gasteiger partial charge on any atom is 0.289 e. The van der Waals surface area contributed by atoms with Crippen molar-refractivity contribution < 1.29 is 14.0 Å². The normalized spacial score (nSPS) is 17.9. The van der Waals surface area contributed by atoms with Gasteiger partial charge in [0.15, 0.2) is 5.76 Å². The molecule has 1 aliphatic carbocycles. The number of aryl methyl sites for hydroxylation is 1. The summed E-state index contributed by atoms with van der Waals surface area (Å²) in [6, 6.07) is 11.2. The number of likely N-dealkylation sites (N-methyl/N-ethyl adjacent to an activating group) is 1. The summed E-state index contributed by atoms with van der Waals surface area (Å²) in [7, 11) is 2.06. The number of nitrogens with one attached hydrogen (secondary N) is 1. The maximum absolute atomic E-state index is 13.1. The van der Waals surface area contributed by atoms with Crippen LogP contribution in [-0.2, 0) is 6.42 Å². The molecule has 1 saturated heterocycles. The lowest BCUT2D eigenvalue weighted by Crippen LogP contribution is -2.47. The van der Waals surface area contributed by atoms with Gasteiger partial charge in [-0.25, -0.2) is 10.4 Å². The lowest BCUT2D eigenvalue weighted by molar-refractivity contribution is 0.0629. The Kier molecular flexibility index (Phi) is 5.68. The largest absolute Gasteiger partial charge is 0.455 e. The number of nitrogens with zero attached hydrogens (tertiary/aromatic N) is 4. The Bertz CT molecular complexity index is 1250. The molecule has 2 aromatic heterocycles. The van der Waals surface area contributed by atoms with Crippen LogP contribution >= 0.6 is 0 Å². The number of carbonyl (C=O) groups excluding carboxylic acids is 2. The first-order chi connectivity index (χ1) is 16.0. The van der Waals surface area contributed by atoms with Crippen molar-refractivity contribution >= 4 is 28.4 Å². The molecule has 1 fully saturated rings. The fourth-order valence-electron chi connectivity index (χ4n) is 4.51. The van der Waals surface area contributed by atoms with E-state index in [1.54, 1.807) is 6.07 Å². The highest BCUT2D eigenvalue weighted by molar-refractivity contribution is 6.07. The minimum atomic E-state index is -0.365. The highest BCUT2D eigenvalue weighted by Gasteiger charge is 2.31. The molecule has 2 amide bonds. The van der Waals surface area contributed by atoms with Gasteiger partial charge in [-0.15, -0.1) is 0 Å². The predicted molar refractivity (Wildman–Crippen MR) is 126 cm³/mol. The van der Waals surface area contributed by atoms with Crippen LogP contribution < -0.4 is 5.43 Å². The van der Waals surface area contributed by atoms with Crippen LogP contribution in [0.2, 0.25) is 0 Å². The van der Waals surface area contributed by atoms with Gasteiger partial charge in [0.25, 0.3) is 11.8 Å². The summed E-state index contributed by atoms with van der Waals surface area (Å²) in [6.45, 7) is 4.99. The molecule has 2 aliphatic rings. The van der Waals surface area contributed by atoms with Crippen LogP contribution in [0.4, 0.5) is 0 Å². The van der Waals surface area contributed by atoms with E-state index in [4.69, 9.17) is 4.42 Å². The van der Waals surface area contributed by atoms with E-state index < -0.39 is 0 Å². The zero-order valence-electron chi connectivity index (χ0n) is 18.9. The molecular weight excluding hydrogens is 418 g/mol. The molecule has 0 spiro atoms. The van der Waals surface area contributed by atoms with Gasteiger partial charge < -0.3 is 14.2 Å². The second-order valence-corrected chi connectivity index (χ2v) is 8.69. The number of piperazine rings is 1. The Labute approximate surface area is 192 Å². The first-order valence-electron chi connectivity index (χ1n) is 11.3. The molecule has 1 aromatic carbocycles. The van der Waals surface area contributed by atoms with Crippen molar-refractivity contribution in [2.75, 3.05) is 33.2 Å². The molecule has 3 heterocycles. The van der Waals surface area contributed by atoms with E-state index >= 15 is 0 Å². The van der Waals surface area contributed by atoms with Gasteiger partial charge >= 0.3 is 0 Å². The lowest BCUT2D eigenvalue weighted by Gasteiger charge is -2.31. The van der Waals surface area contributed by atoms with Gasteiger partial charge in [-0.1, -0.05) is 24.3 Å². The van der Waals surface area contributed by atoms with Crippen LogP contribution in [0.15, 0.2) is 45.9 Å². The van der Waals surface area contributed by atoms with Crippen molar-refractivity contribution in [3.63, 3.8) is 0 Å². The second kappa shape index (κ2) is 8.78. The summed E-state index contributed by atoms with van der Waals surface area (Å²) in [6.07, 6.45) is 2.32. The molecule has 0 radical (unpaired) electrons. The number of amides is 2. The summed E-state index contributed by atoms with van der Waals surface area (Å²) in [4.78, 5) is 34.3. The summed E-state index contributed by atoms with van der Waals surface area (Å²) in [5.41, 5.74) is 6.11. The van der Waals surface area contributed by atoms with E-state index in [0.717, 1.165) is 59.4 Å². The molecule has 170 valence electrons. The second-order valence-electron chi connectivity index (χ2n) is 8.69. The summed E-state index contributed by atoms with van der Waals surface area (Å²) >= 11 is 0. The number of para-hydroxylation sites is 1. The molecule has 8 heteroatoms. The van der Waals surface area contributed by atoms with Crippen LogP contribution in [0, 0.1) is 6.92 Å². The minimum absolute atomic E-state index is 0.0706. The van der Waals surface area contributed by atoms with Crippen molar-refractivity contribution in [1.29, 1.82) is 0 Å². The number of hydrogen-bond donors (Lipinski definition) is 1. The Morgan fingerprint density at radius 1 is 1.06 bits per heavy atom. The number of carbonyl (C=O) groups is 2. The number of hydrogen-bond acceptors (Lipinski definition) is 6. The highest BCUT2D eigenvalue weighted by atomic mass is 16.4. The van der Waals surface area contributed by atoms with E-state index in [0.29, 0.717) is 31.0 Å². The fourth-order valence-corrected chi connectivity index (χ4v) is 4.51. The first kappa shape index (κ1) is 21.3. The van der Waals surface area contributed by atoms with Gasteiger partial charge in [-0.2, -0.15) is 5.10 Å². The molecule has 3 aromatic rings. The molecule has 0 atom stereocenters. The highest BCUT2D eigenvalue weighted by Crippen LogP contribution is 2.30. The topological polar surface area (TPSA) is 91.0 Å². The third-order valence-electron chi connectivity index (χ3n) is 6.43. The van der Waals surface area contributed by atoms with Crippen molar-refractivity contribution in [3.8, 4) is 0 Å². The van der Waals surface area contributed by atoms with Gasteiger partial charge in [-0.05, 0) is 38.9 Å². The average molecular weight is 446 g/mol. The molecule has 0 bridgehead atoms. The van der Waals surface area contributed by atoms with Crippen LogP contribution in [0.3, 0.4) is 0 Å². The number of benzene rings is 1. The predicted octanol–water partition coefficient (Wildman–Crippen LogP) is 2.99. The number of pyridine rings is 1. The molecule has 0 saturated carbocycles. The Hall–Kier alpha value is -3.52. The van der Waals surface area contributed by atoms with Gasteiger partial charge in [0.05, 0.1) is 11.2 Å². The summed E-state index contributed by atoms with van der Waals surface area (Å²) < 4.78 is 6.04. The van der Waals surface area contributed by atoms with Crippen LogP contribution in [-0.4, -0.2) is 65.5 Å². The summed E-state index contributed by atoms with van der Waals surface area (Å²) in [5, 5.41) is 5.40. The molecule has 1 aliphatic heterocycles. The van der Waals surface area contributed by atoms with Crippen molar-refractivity contribution in [3.05, 3.63) is 64.7 Å². The number of rotatable bonds is 3. The van der Waals surface area contributed by atoms with E-state index in [2.05, 4.69) is 27.5 Å². The lowest BCUT2D eigenvalue weighted by atomic mass is 9.93. The monoisotopic (exact) mass is 445 g/mol. The smallest absolute Gasteiger partial charge is 0.289 e. The van der Waals surface area contributed by atoms with Crippen molar-refractivity contribution in [1.82, 2.24) is 20.2 Å².